The first-order valence-corrected chi connectivity index (χ1v) is 14.3. The molecule has 0 N–H and O–H groups in total. The zero-order chi connectivity index (χ0) is 26.0. The molecular weight excluding hydrogens is 454 g/mol. The van der Waals surface area contributed by atoms with Gasteiger partial charge in [-0.05, 0) is 40.5 Å². The summed E-state index contributed by atoms with van der Waals surface area (Å²) in [5.41, 5.74) is -2.36. The molecule has 0 aromatic heterocycles. The summed E-state index contributed by atoms with van der Waals surface area (Å²) in [5, 5.41) is 0. The Labute approximate surface area is 195 Å². The maximum absolute atomic E-state index is 12.4. The van der Waals surface area contributed by atoms with E-state index in [1.807, 2.05) is 13.8 Å². The number of hydrogen-bond acceptors (Lipinski definition) is 8. The topological polar surface area (TPSA) is 105 Å². The number of rotatable bonds is 12. The van der Waals surface area contributed by atoms with Gasteiger partial charge in [0.1, 0.15) is 0 Å². The van der Waals surface area contributed by atoms with Gasteiger partial charge in [0.15, 0.2) is 0 Å². The van der Waals surface area contributed by atoms with Crippen LogP contribution in [0.4, 0.5) is 0 Å². The Balaban J connectivity index is 0. The van der Waals surface area contributed by atoms with Crippen LogP contribution < -0.4 is 0 Å². The maximum Gasteiger partial charge on any atom is 0.397 e. The summed E-state index contributed by atoms with van der Waals surface area (Å²) >= 11 is 0. The number of carbonyl (C=O) groups is 2. The van der Waals surface area contributed by atoms with Crippen LogP contribution in [0.3, 0.4) is 0 Å². The van der Waals surface area contributed by atoms with E-state index in [2.05, 4.69) is 0 Å². The van der Waals surface area contributed by atoms with Crippen molar-refractivity contribution in [1.29, 1.82) is 0 Å². The first-order valence-electron chi connectivity index (χ1n) is 11.2. The molecule has 0 saturated carbocycles. The quantitative estimate of drug-likeness (QED) is 0.259. The van der Waals surface area contributed by atoms with E-state index in [4.69, 9.17) is 18.1 Å². The molecule has 0 unspecified atom stereocenters. The normalized spacial score (nSPS) is 13.2. The number of carbonyl (C=O) groups excluding carboxylic acids is 2. The predicted octanol–water partition coefficient (Wildman–Crippen LogP) is 7.21. The van der Waals surface area contributed by atoms with Crippen LogP contribution >= 0.6 is 15.2 Å². The average Bonchev–Trinajstić information content (AvgIpc) is 2.61. The van der Waals surface area contributed by atoms with Gasteiger partial charge in [-0.15, -0.1) is 0 Å². The summed E-state index contributed by atoms with van der Waals surface area (Å²) in [6.45, 7) is 21.5. The lowest BCUT2D eigenvalue weighted by Gasteiger charge is -2.26. The van der Waals surface area contributed by atoms with Gasteiger partial charge in [0.05, 0.1) is 25.4 Å². The molecule has 0 aliphatic carbocycles. The monoisotopic (exact) mass is 500 g/mol. The minimum Gasteiger partial charge on any atom is -0.303 e. The van der Waals surface area contributed by atoms with Gasteiger partial charge < -0.3 is 18.1 Å². The Kier molecular flexibility index (Phi) is 14.9. The molecule has 0 aliphatic rings. The van der Waals surface area contributed by atoms with Gasteiger partial charge >= 0.3 is 15.2 Å². The van der Waals surface area contributed by atoms with Crippen LogP contribution in [0, 0.1) is 10.8 Å². The molecule has 0 bridgehead atoms. The lowest BCUT2D eigenvalue weighted by Crippen LogP contribution is -2.24. The Morgan fingerprint density at radius 2 is 0.938 bits per heavy atom. The highest BCUT2D eigenvalue weighted by Gasteiger charge is 2.44. The summed E-state index contributed by atoms with van der Waals surface area (Å²) < 4.78 is 45.4. The van der Waals surface area contributed by atoms with E-state index in [1.54, 1.807) is 69.2 Å². The van der Waals surface area contributed by atoms with Crippen molar-refractivity contribution >= 4 is 26.2 Å². The van der Waals surface area contributed by atoms with Gasteiger partial charge in [-0.25, -0.2) is 0 Å². The molecule has 0 atom stereocenters. The highest BCUT2D eigenvalue weighted by molar-refractivity contribution is 7.72. The molecule has 10 heteroatoms. The highest BCUT2D eigenvalue weighted by Crippen LogP contribution is 2.55. The fourth-order valence-corrected chi connectivity index (χ4v) is 6.22. The maximum atomic E-state index is 12.4. The fourth-order valence-electron chi connectivity index (χ4n) is 2.07. The predicted molar refractivity (Wildman–Crippen MR) is 129 cm³/mol. The average molecular weight is 501 g/mol. The molecule has 0 aliphatic heterocycles. The Hall–Kier alpha value is -0.360. The van der Waals surface area contributed by atoms with E-state index < -0.39 is 37.1 Å². The molecule has 0 fully saturated rings. The van der Waals surface area contributed by atoms with Gasteiger partial charge in [0.25, 0.3) is 0 Å². The van der Waals surface area contributed by atoms with E-state index in [1.165, 1.54) is 0 Å². The Morgan fingerprint density at radius 1 is 0.656 bits per heavy atom. The summed E-state index contributed by atoms with van der Waals surface area (Å²) in [5.74, 6) is 0. The largest absolute Gasteiger partial charge is 0.397 e. The molecule has 0 aromatic carbocycles. The van der Waals surface area contributed by atoms with Crippen LogP contribution in [0.5, 0.6) is 0 Å². The highest BCUT2D eigenvalue weighted by atomic mass is 31.2. The van der Waals surface area contributed by atoms with Crippen molar-refractivity contribution in [3.8, 4) is 0 Å². The molecule has 192 valence electrons. The summed E-state index contributed by atoms with van der Waals surface area (Å²) in [7, 11) is -7.29. The Morgan fingerprint density at radius 3 is 1.16 bits per heavy atom. The van der Waals surface area contributed by atoms with Crippen molar-refractivity contribution in [2.75, 3.05) is 13.2 Å². The first kappa shape index (κ1) is 33.8. The second-order valence-electron chi connectivity index (χ2n) is 10.1. The van der Waals surface area contributed by atoms with Crippen molar-refractivity contribution < 1.29 is 36.8 Å². The van der Waals surface area contributed by atoms with Crippen molar-refractivity contribution in [3.05, 3.63) is 0 Å². The van der Waals surface area contributed by atoms with Crippen LogP contribution in [0.15, 0.2) is 0 Å². The Bertz CT molecular complexity index is 646. The van der Waals surface area contributed by atoms with Gasteiger partial charge in [-0.3, -0.25) is 18.7 Å². The van der Waals surface area contributed by atoms with E-state index in [0.29, 0.717) is 12.8 Å². The van der Waals surface area contributed by atoms with E-state index in [-0.39, 0.29) is 25.4 Å². The van der Waals surface area contributed by atoms with Crippen molar-refractivity contribution in [1.82, 2.24) is 0 Å². The molecule has 0 radical (unpaired) electrons. The number of hydrogen-bond donors (Lipinski definition) is 0. The third-order valence-corrected chi connectivity index (χ3v) is 8.19. The molecular formula is C22H46O8P2. The second-order valence-corrected chi connectivity index (χ2v) is 13.8. The minimum atomic E-state index is -3.68. The van der Waals surface area contributed by atoms with Gasteiger partial charge in [0.2, 0.25) is 11.0 Å². The standard InChI is InChI=1S/2C11H23O4P/c1-8(2)14-16(13,15-9(3)4)10(12)11(5,6)7;1-6-8-14-16(13,15-9-7-2)10(12)11(3,4)5/h8-9H,1-7H3;6-9H2,1-5H3. The second kappa shape index (κ2) is 14.1. The zero-order valence-corrected chi connectivity index (χ0v) is 23.9. The SMILES string of the molecule is CC(C)OP(=O)(OC(C)C)C(=O)C(C)(C)C.CCCOP(=O)(OCCC)C(=O)C(C)(C)C. The van der Waals surface area contributed by atoms with Crippen molar-refractivity contribution in [2.24, 2.45) is 10.8 Å². The minimum absolute atomic E-state index is 0.281. The zero-order valence-electron chi connectivity index (χ0n) is 22.1. The summed E-state index contributed by atoms with van der Waals surface area (Å²) in [4.78, 5) is 24.0. The van der Waals surface area contributed by atoms with Crippen LogP contribution in [-0.4, -0.2) is 36.5 Å². The van der Waals surface area contributed by atoms with E-state index in [9.17, 15) is 18.7 Å². The summed E-state index contributed by atoms with van der Waals surface area (Å²) in [6.07, 6.45) is 0.792. The molecule has 0 amide bonds. The third kappa shape index (κ3) is 12.8. The van der Waals surface area contributed by atoms with Crippen molar-refractivity contribution in [3.63, 3.8) is 0 Å². The van der Waals surface area contributed by atoms with Crippen LogP contribution in [0.2, 0.25) is 0 Å². The molecule has 0 aromatic rings. The van der Waals surface area contributed by atoms with Crippen LogP contribution in [0.25, 0.3) is 0 Å². The van der Waals surface area contributed by atoms with Gasteiger partial charge in [-0.2, -0.15) is 0 Å². The molecule has 0 spiro atoms. The lowest BCUT2D eigenvalue weighted by atomic mass is 9.99. The molecule has 8 nitrogen and oxygen atoms in total. The van der Waals surface area contributed by atoms with E-state index in [0.717, 1.165) is 0 Å². The first-order chi connectivity index (χ1) is 14.3. The fraction of sp³-hybridized carbons (Fsp3) is 0.909. The summed E-state index contributed by atoms with van der Waals surface area (Å²) in [6, 6.07) is 0. The van der Waals surface area contributed by atoms with E-state index >= 15 is 0 Å². The molecule has 32 heavy (non-hydrogen) atoms. The molecule has 0 rings (SSSR count). The smallest absolute Gasteiger partial charge is 0.303 e. The van der Waals surface area contributed by atoms with Gasteiger partial charge in [-0.1, -0.05) is 55.4 Å². The third-order valence-electron chi connectivity index (χ3n) is 3.41. The lowest BCUT2D eigenvalue weighted by molar-refractivity contribution is -0.121. The van der Waals surface area contributed by atoms with Gasteiger partial charge in [0, 0.05) is 10.8 Å². The van der Waals surface area contributed by atoms with Crippen molar-refractivity contribution in [2.45, 2.75) is 108 Å². The van der Waals surface area contributed by atoms with Crippen LogP contribution in [-0.2, 0) is 36.8 Å². The van der Waals surface area contributed by atoms with Crippen LogP contribution in [0.1, 0.15) is 95.9 Å². The molecule has 0 saturated heterocycles. The molecule has 0 heterocycles.